The highest BCUT2D eigenvalue weighted by Crippen LogP contribution is 2.13. The standard InChI is InChI=1S/C13H15N5O.C2H4.H4N2.2H2/c1-2-3-12(19)14-8-10-4-6-11(7-5-10)13-17-15-9-16-18-13;2*1-2;;/h4-7,9H,2-3,8H2,1H3,(H,14,19);2*1-2H2;2*1H. The van der Waals surface area contributed by atoms with Crippen LogP contribution in [0.3, 0.4) is 0 Å². The highest BCUT2D eigenvalue weighted by molar-refractivity contribution is 5.75. The molecule has 23 heavy (non-hydrogen) atoms. The second kappa shape index (κ2) is 13.0. The van der Waals surface area contributed by atoms with Crippen molar-refractivity contribution in [1.82, 2.24) is 25.7 Å². The van der Waals surface area contributed by atoms with Gasteiger partial charge in [-0.3, -0.25) is 16.5 Å². The largest absolute Gasteiger partial charge is 0.352 e. The predicted molar refractivity (Wildman–Crippen MR) is 93.7 cm³/mol. The first kappa shape index (κ1) is 20.3. The maximum absolute atomic E-state index is 11.4. The molecule has 2 aromatic rings. The van der Waals surface area contributed by atoms with Gasteiger partial charge < -0.3 is 5.32 Å². The van der Waals surface area contributed by atoms with Gasteiger partial charge in [-0.1, -0.05) is 31.2 Å². The number of hydrazine groups is 1. The van der Waals surface area contributed by atoms with Gasteiger partial charge in [0.05, 0.1) is 0 Å². The zero-order chi connectivity index (χ0) is 17.5. The quantitative estimate of drug-likeness (QED) is 0.431. The van der Waals surface area contributed by atoms with E-state index in [2.05, 4.69) is 50.6 Å². The molecule has 0 aliphatic heterocycles. The molecular formula is C15H27N7O. The van der Waals surface area contributed by atoms with Crippen molar-refractivity contribution in [3.05, 3.63) is 49.3 Å². The van der Waals surface area contributed by atoms with Crippen LogP contribution in [-0.2, 0) is 11.3 Å². The lowest BCUT2D eigenvalue weighted by Crippen LogP contribution is -2.21. The van der Waals surface area contributed by atoms with Crippen molar-refractivity contribution in [2.75, 3.05) is 0 Å². The van der Waals surface area contributed by atoms with Gasteiger partial charge in [0.25, 0.3) is 0 Å². The zero-order valence-corrected chi connectivity index (χ0v) is 13.3. The SMILES string of the molecule is C=C.CCCC(=O)NCc1ccc(-c2nncnn2)cc1.NN.[HH].[HH]. The number of hydrogen-bond donors (Lipinski definition) is 3. The summed E-state index contributed by atoms with van der Waals surface area (Å²) in [5.74, 6) is 8.57. The Kier molecular flexibility index (Phi) is 11.5. The molecule has 2 rings (SSSR count). The van der Waals surface area contributed by atoms with Crippen LogP contribution in [0.25, 0.3) is 11.4 Å². The van der Waals surface area contributed by atoms with E-state index in [0.717, 1.165) is 17.5 Å². The first-order valence-corrected chi connectivity index (χ1v) is 6.99. The van der Waals surface area contributed by atoms with Crippen LogP contribution >= 0.6 is 0 Å². The molecule has 1 aromatic heterocycles. The van der Waals surface area contributed by atoms with E-state index in [-0.39, 0.29) is 8.76 Å². The minimum absolute atomic E-state index is 0. The van der Waals surface area contributed by atoms with Crippen LogP contribution in [0.15, 0.2) is 43.8 Å². The van der Waals surface area contributed by atoms with Gasteiger partial charge in [-0.15, -0.1) is 33.6 Å². The van der Waals surface area contributed by atoms with Crippen LogP contribution in [0, 0.1) is 0 Å². The molecule has 0 saturated carbocycles. The number of carbonyl (C=O) groups excluding carboxylic acids is 1. The first-order valence-electron chi connectivity index (χ1n) is 6.99. The lowest BCUT2D eigenvalue weighted by atomic mass is 10.1. The third-order valence-corrected chi connectivity index (χ3v) is 2.59. The van der Waals surface area contributed by atoms with Crippen molar-refractivity contribution in [2.45, 2.75) is 26.3 Å². The molecule has 0 fully saturated rings. The van der Waals surface area contributed by atoms with Crippen molar-refractivity contribution in [1.29, 1.82) is 0 Å². The smallest absolute Gasteiger partial charge is 0.220 e. The van der Waals surface area contributed by atoms with E-state index in [0.29, 0.717) is 18.8 Å². The number of amides is 1. The van der Waals surface area contributed by atoms with Gasteiger partial charge in [0.15, 0.2) is 6.33 Å². The average molecular weight is 321 g/mol. The third kappa shape index (κ3) is 7.74. The Morgan fingerprint density at radius 2 is 1.74 bits per heavy atom. The van der Waals surface area contributed by atoms with Gasteiger partial charge in [0, 0.05) is 21.4 Å². The Balaban J connectivity index is -0.000000752. The summed E-state index contributed by atoms with van der Waals surface area (Å²) in [7, 11) is 0. The summed E-state index contributed by atoms with van der Waals surface area (Å²) in [6.45, 7) is 8.52. The highest BCUT2D eigenvalue weighted by Gasteiger charge is 2.03. The third-order valence-electron chi connectivity index (χ3n) is 2.59. The summed E-state index contributed by atoms with van der Waals surface area (Å²) in [5.41, 5.74) is 1.88. The second-order valence-electron chi connectivity index (χ2n) is 4.09. The lowest BCUT2D eigenvalue weighted by Gasteiger charge is -2.05. The number of aromatic nitrogens is 4. The van der Waals surface area contributed by atoms with Gasteiger partial charge in [0.1, 0.15) is 0 Å². The van der Waals surface area contributed by atoms with E-state index in [1.54, 1.807) is 0 Å². The van der Waals surface area contributed by atoms with Gasteiger partial charge in [-0.25, -0.2) is 0 Å². The fourth-order valence-corrected chi connectivity index (χ4v) is 1.61. The Hall–Kier alpha value is -2.71. The topological polar surface area (TPSA) is 133 Å². The van der Waals surface area contributed by atoms with Crippen molar-refractivity contribution in [3.8, 4) is 11.4 Å². The molecule has 8 heteroatoms. The van der Waals surface area contributed by atoms with Crippen LogP contribution in [-0.4, -0.2) is 26.3 Å². The molecule has 0 saturated heterocycles. The number of nitrogens with zero attached hydrogens (tertiary/aromatic N) is 4. The normalized spacial score (nSPS) is 8.83. The molecule has 1 aromatic carbocycles. The van der Waals surface area contributed by atoms with Crippen molar-refractivity contribution < 1.29 is 7.65 Å². The molecule has 0 atom stereocenters. The molecule has 1 heterocycles. The molecule has 8 nitrogen and oxygen atoms in total. The number of hydrogen-bond acceptors (Lipinski definition) is 7. The number of carbonyl (C=O) groups is 1. The van der Waals surface area contributed by atoms with E-state index < -0.39 is 0 Å². The summed E-state index contributed by atoms with van der Waals surface area (Å²) >= 11 is 0. The molecule has 0 radical (unpaired) electrons. The summed E-state index contributed by atoms with van der Waals surface area (Å²) in [4.78, 5) is 11.4. The number of rotatable bonds is 5. The Morgan fingerprint density at radius 3 is 2.26 bits per heavy atom. The lowest BCUT2D eigenvalue weighted by molar-refractivity contribution is -0.121. The van der Waals surface area contributed by atoms with Gasteiger partial charge in [0.2, 0.25) is 11.7 Å². The average Bonchev–Trinajstić information content (AvgIpc) is 2.65. The van der Waals surface area contributed by atoms with Crippen LogP contribution in [0.5, 0.6) is 0 Å². The number of nitrogens with two attached hydrogens (primary N) is 2. The molecule has 0 aliphatic rings. The van der Waals surface area contributed by atoms with Crippen molar-refractivity contribution in [3.63, 3.8) is 0 Å². The van der Waals surface area contributed by atoms with Gasteiger partial charge >= 0.3 is 0 Å². The van der Waals surface area contributed by atoms with Gasteiger partial charge in [-0.2, -0.15) is 0 Å². The Morgan fingerprint density at radius 1 is 1.17 bits per heavy atom. The summed E-state index contributed by atoms with van der Waals surface area (Å²) in [6, 6.07) is 7.63. The van der Waals surface area contributed by atoms with Crippen molar-refractivity contribution >= 4 is 5.91 Å². The minimum atomic E-state index is 0. The second-order valence-corrected chi connectivity index (χ2v) is 4.09. The summed E-state index contributed by atoms with van der Waals surface area (Å²) in [5, 5.41) is 18.0. The van der Waals surface area contributed by atoms with Crippen molar-refractivity contribution in [2.24, 2.45) is 11.7 Å². The molecule has 5 N–H and O–H groups in total. The maximum atomic E-state index is 11.4. The number of nitrogens with one attached hydrogen (secondary N) is 1. The predicted octanol–water partition coefficient (Wildman–Crippen LogP) is 1.46. The molecule has 0 unspecified atom stereocenters. The molecule has 0 spiro atoms. The molecule has 0 bridgehead atoms. The fourth-order valence-electron chi connectivity index (χ4n) is 1.61. The Bertz CT molecular complexity index is 556. The molecule has 128 valence electrons. The van der Waals surface area contributed by atoms with Gasteiger partial charge in [-0.05, 0) is 12.0 Å². The molecule has 1 amide bonds. The number of benzene rings is 1. The van der Waals surface area contributed by atoms with Crippen LogP contribution in [0.1, 0.15) is 28.2 Å². The highest BCUT2D eigenvalue weighted by atomic mass is 16.1. The van der Waals surface area contributed by atoms with Crippen LogP contribution in [0.2, 0.25) is 0 Å². The fraction of sp³-hybridized carbons (Fsp3) is 0.267. The summed E-state index contributed by atoms with van der Waals surface area (Å²) in [6.07, 6.45) is 2.71. The minimum Gasteiger partial charge on any atom is -0.352 e. The monoisotopic (exact) mass is 321 g/mol. The van der Waals surface area contributed by atoms with Crippen LogP contribution < -0.4 is 17.0 Å². The first-order chi connectivity index (χ1) is 11.3. The van der Waals surface area contributed by atoms with E-state index in [9.17, 15) is 4.79 Å². The maximum Gasteiger partial charge on any atom is 0.220 e. The van der Waals surface area contributed by atoms with E-state index in [1.807, 2.05) is 31.2 Å². The van der Waals surface area contributed by atoms with E-state index >= 15 is 0 Å². The van der Waals surface area contributed by atoms with E-state index in [1.165, 1.54) is 6.33 Å². The molecule has 0 aliphatic carbocycles. The zero-order valence-electron chi connectivity index (χ0n) is 13.3. The Labute approximate surface area is 139 Å². The molecular weight excluding hydrogens is 294 g/mol. The summed E-state index contributed by atoms with van der Waals surface area (Å²) < 4.78 is 0. The van der Waals surface area contributed by atoms with E-state index in [4.69, 9.17) is 0 Å². The van der Waals surface area contributed by atoms with Crippen LogP contribution in [0.4, 0.5) is 0 Å².